The lowest BCUT2D eigenvalue weighted by atomic mass is 10.1. The Labute approximate surface area is 86.3 Å². The zero-order valence-electron chi connectivity index (χ0n) is 9.16. The van der Waals surface area contributed by atoms with Crippen LogP contribution in [-0.2, 0) is 9.47 Å². The van der Waals surface area contributed by atoms with Crippen molar-refractivity contribution in [3.05, 3.63) is 11.8 Å². The lowest BCUT2D eigenvalue weighted by molar-refractivity contribution is 0.104. The van der Waals surface area contributed by atoms with Gasteiger partial charge < -0.3 is 15.2 Å². The van der Waals surface area contributed by atoms with E-state index in [9.17, 15) is 0 Å². The molecule has 0 radical (unpaired) electrons. The molecule has 3 nitrogen and oxygen atoms in total. The minimum atomic E-state index is 0.0490. The summed E-state index contributed by atoms with van der Waals surface area (Å²) in [4.78, 5) is 0. The van der Waals surface area contributed by atoms with Crippen molar-refractivity contribution >= 4 is 0 Å². The van der Waals surface area contributed by atoms with Gasteiger partial charge in [-0.3, -0.25) is 0 Å². The first-order valence-electron chi connectivity index (χ1n) is 5.35. The maximum Gasteiger partial charge on any atom is 0.109 e. The van der Waals surface area contributed by atoms with Gasteiger partial charge in [-0.05, 0) is 38.7 Å². The molecule has 14 heavy (non-hydrogen) atoms. The van der Waals surface area contributed by atoms with Crippen molar-refractivity contribution in [3.63, 3.8) is 0 Å². The van der Waals surface area contributed by atoms with Gasteiger partial charge in [-0.2, -0.15) is 0 Å². The summed E-state index contributed by atoms with van der Waals surface area (Å²) in [5.41, 5.74) is 6.00. The van der Waals surface area contributed by atoms with Gasteiger partial charge in [0.25, 0.3) is 0 Å². The summed E-state index contributed by atoms with van der Waals surface area (Å²) in [6.45, 7) is 2.88. The second kappa shape index (κ2) is 6.04. The van der Waals surface area contributed by atoms with Gasteiger partial charge in [0.15, 0.2) is 0 Å². The molecule has 1 heterocycles. The summed E-state index contributed by atoms with van der Waals surface area (Å²) in [5, 5.41) is 0. The second-order valence-electron chi connectivity index (χ2n) is 3.83. The highest BCUT2D eigenvalue weighted by atomic mass is 16.5. The predicted molar refractivity (Wildman–Crippen MR) is 56.9 cm³/mol. The Kier molecular flexibility index (Phi) is 4.98. The van der Waals surface area contributed by atoms with Gasteiger partial charge in [0.05, 0.1) is 18.8 Å². The maximum atomic E-state index is 6.00. The van der Waals surface area contributed by atoms with Crippen molar-refractivity contribution in [2.24, 2.45) is 5.73 Å². The summed E-state index contributed by atoms with van der Waals surface area (Å²) in [6, 6.07) is 0.0490. The van der Waals surface area contributed by atoms with Crippen LogP contribution in [-0.4, -0.2) is 25.9 Å². The van der Waals surface area contributed by atoms with E-state index in [-0.39, 0.29) is 12.1 Å². The van der Waals surface area contributed by atoms with Crippen molar-refractivity contribution in [2.45, 2.75) is 44.8 Å². The highest BCUT2D eigenvalue weighted by Crippen LogP contribution is 2.16. The average molecular weight is 199 g/mol. The molecule has 82 valence electrons. The van der Waals surface area contributed by atoms with E-state index in [1.54, 1.807) is 7.11 Å². The minimum absolute atomic E-state index is 0.0490. The van der Waals surface area contributed by atoms with Crippen LogP contribution in [0.3, 0.4) is 0 Å². The molecule has 0 saturated carbocycles. The zero-order valence-corrected chi connectivity index (χ0v) is 9.16. The smallest absolute Gasteiger partial charge is 0.109 e. The lowest BCUT2D eigenvalue weighted by Crippen LogP contribution is -2.27. The predicted octanol–water partition coefficient (Wildman–Crippen LogP) is 1.82. The minimum Gasteiger partial charge on any atom is -0.497 e. The van der Waals surface area contributed by atoms with E-state index in [2.05, 4.69) is 13.0 Å². The molecule has 0 aromatic heterocycles. The topological polar surface area (TPSA) is 44.5 Å². The standard InChI is InChI=1S/C11H21NO2/c1-9(13-2)6-7-10(12)11-5-3-4-8-14-11/h5,9-10H,3-4,6-8,12H2,1-2H3. The number of allylic oxidation sites excluding steroid dienone is 1. The molecule has 0 bridgehead atoms. The quantitative estimate of drug-likeness (QED) is 0.734. The molecule has 3 heteroatoms. The molecular weight excluding hydrogens is 178 g/mol. The molecule has 0 saturated heterocycles. The van der Waals surface area contributed by atoms with Gasteiger partial charge in [-0.15, -0.1) is 0 Å². The van der Waals surface area contributed by atoms with Crippen molar-refractivity contribution in [1.29, 1.82) is 0 Å². The van der Waals surface area contributed by atoms with E-state index >= 15 is 0 Å². The largest absolute Gasteiger partial charge is 0.497 e. The first-order chi connectivity index (χ1) is 6.74. The molecular formula is C11H21NO2. The number of hydrogen-bond acceptors (Lipinski definition) is 3. The van der Waals surface area contributed by atoms with Crippen molar-refractivity contribution < 1.29 is 9.47 Å². The second-order valence-corrected chi connectivity index (χ2v) is 3.83. The Morgan fingerprint density at radius 3 is 2.93 bits per heavy atom. The highest BCUT2D eigenvalue weighted by Gasteiger charge is 2.14. The van der Waals surface area contributed by atoms with E-state index in [1.807, 2.05) is 0 Å². The summed E-state index contributed by atoms with van der Waals surface area (Å²) in [5.74, 6) is 0.972. The molecule has 0 fully saturated rings. The van der Waals surface area contributed by atoms with E-state index in [1.165, 1.54) is 0 Å². The third kappa shape index (κ3) is 3.68. The molecule has 0 amide bonds. The molecule has 1 rings (SSSR count). The van der Waals surface area contributed by atoms with E-state index < -0.39 is 0 Å². The van der Waals surface area contributed by atoms with Gasteiger partial charge >= 0.3 is 0 Å². The van der Waals surface area contributed by atoms with Crippen LogP contribution in [0.15, 0.2) is 11.8 Å². The summed E-state index contributed by atoms with van der Waals surface area (Å²) >= 11 is 0. The van der Waals surface area contributed by atoms with Gasteiger partial charge in [-0.1, -0.05) is 0 Å². The SMILES string of the molecule is COC(C)CCC(N)C1=CCCCO1. The molecule has 0 aliphatic carbocycles. The third-order valence-electron chi connectivity index (χ3n) is 2.61. The average Bonchev–Trinajstić information content (AvgIpc) is 2.26. The van der Waals surface area contributed by atoms with Gasteiger partial charge in [0.2, 0.25) is 0 Å². The van der Waals surface area contributed by atoms with Crippen molar-refractivity contribution in [2.75, 3.05) is 13.7 Å². The Morgan fingerprint density at radius 1 is 1.57 bits per heavy atom. The molecule has 1 aliphatic rings. The molecule has 2 unspecified atom stereocenters. The van der Waals surface area contributed by atoms with Crippen LogP contribution in [0.4, 0.5) is 0 Å². The number of methoxy groups -OCH3 is 1. The monoisotopic (exact) mass is 199 g/mol. The van der Waals surface area contributed by atoms with E-state index in [4.69, 9.17) is 15.2 Å². The molecule has 0 aromatic carbocycles. The summed E-state index contributed by atoms with van der Waals surface area (Å²) < 4.78 is 10.7. The Balaban J connectivity index is 2.26. The van der Waals surface area contributed by atoms with Gasteiger partial charge in [0.1, 0.15) is 5.76 Å². The first-order valence-corrected chi connectivity index (χ1v) is 5.35. The van der Waals surface area contributed by atoms with Crippen LogP contribution in [0.5, 0.6) is 0 Å². The molecule has 0 aromatic rings. The van der Waals surface area contributed by atoms with Crippen LogP contribution in [0, 0.1) is 0 Å². The van der Waals surface area contributed by atoms with Gasteiger partial charge in [-0.25, -0.2) is 0 Å². The van der Waals surface area contributed by atoms with Crippen LogP contribution >= 0.6 is 0 Å². The fourth-order valence-electron chi connectivity index (χ4n) is 1.51. The van der Waals surface area contributed by atoms with Crippen LogP contribution in [0.2, 0.25) is 0 Å². The third-order valence-corrected chi connectivity index (χ3v) is 2.61. The molecule has 0 spiro atoms. The normalized spacial score (nSPS) is 20.9. The zero-order chi connectivity index (χ0) is 10.4. The molecule has 2 atom stereocenters. The van der Waals surface area contributed by atoms with Crippen LogP contribution in [0.25, 0.3) is 0 Å². The summed E-state index contributed by atoms with van der Waals surface area (Å²) in [6.07, 6.45) is 6.53. The number of nitrogens with two attached hydrogens (primary N) is 1. The number of rotatable bonds is 5. The van der Waals surface area contributed by atoms with Gasteiger partial charge in [0, 0.05) is 7.11 Å². The fourth-order valence-corrected chi connectivity index (χ4v) is 1.51. The number of hydrogen-bond donors (Lipinski definition) is 1. The Hall–Kier alpha value is -0.540. The highest BCUT2D eigenvalue weighted by molar-refractivity contribution is 5.04. The van der Waals surface area contributed by atoms with E-state index in [0.29, 0.717) is 0 Å². The fraction of sp³-hybridized carbons (Fsp3) is 0.818. The lowest BCUT2D eigenvalue weighted by Gasteiger charge is -2.21. The van der Waals surface area contributed by atoms with E-state index in [0.717, 1.165) is 38.0 Å². The van der Waals surface area contributed by atoms with Crippen molar-refractivity contribution in [3.8, 4) is 0 Å². The first kappa shape index (κ1) is 11.5. The van der Waals surface area contributed by atoms with Crippen LogP contribution in [0.1, 0.15) is 32.6 Å². The Morgan fingerprint density at radius 2 is 2.36 bits per heavy atom. The van der Waals surface area contributed by atoms with Crippen molar-refractivity contribution in [1.82, 2.24) is 0 Å². The summed E-state index contributed by atoms with van der Waals surface area (Å²) in [7, 11) is 1.73. The maximum absolute atomic E-state index is 6.00. The Bertz CT molecular complexity index is 192. The van der Waals surface area contributed by atoms with Crippen LogP contribution < -0.4 is 5.73 Å². The molecule has 1 aliphatic heterocycles. The molecule has 2 N–H and O–H groups in total. The number of ether oxygens (including phenoxy) is 2.